The lowest BCUT2D eigenvalue weighted by atomic mass is 9.79. The van der Waals surface area contributed by atoms with Crippen molar-refractivity contribution in [2.24, 2.45) is 17.3 Å². The van der Waals surface area contributed by atoms with Gasteiger partial charge >= 0.3 is 0 Å². The van der Waals surface area contributed by atoms with E-state index in [0.29, 0.717) is 11.5 Å². The lowest BCUT2D eigenvalue weighted by Gasteiger charge is -2.24. The zero-order chi connectivity index (χ0) is 10.3. The second-order valence-electron chi connectivity index (χ2n) is 6.13. The highest BCUT2D eigenvalue weighted by Gasteiger charge is 2.40. The van der Waals surface area contributed by atoms with Gasteiger partial charge < -0.3 is 9.47 Å². The van der Waals surface area contributed by atoms with Crippen LogP contribution < -0.4 is 0 Å². The molecule has 2 saturated heterocycles. The van der Waals surface area contributed by atoms with Crippen LogP contribution in [0.5, 0.6) is 0 Å². The van der Waals surface area contributed by atoms with Crippen LogP contribution in [0.15, 0.2) is 0 Å². The Bertz CT molecular complexity index is 229. The zero-order valence-corrected chi connectivity index (χ0v) is 9.71. The predicted octanol–water partition coefficient (Wildman–Crippen LogP) is 2.62. The fourth-order valence-electron chi connectivity index (χ4n) is 3.23. The van der Waals surface area contributed by atoms with E-state index in [2.05, 4.69) is 6.92 Å². The zero-order valence-electron chi connectivity index (χ0n) is 9.71. The van der Waals surface area contributed by atoms with Crippen molar-refractivity contribution >= 4 is 0 Å². The first-order valence-corrected chi connectivity index (χ1v) is 6.45. The lowest BCUT2D eigenvalue weighted by molar-refractivity contribution is 0.0861. The molecule has 0 aromatic rings. The fraction of sp³-hybridized carbons (Fsp3) is 1.00. The summed E-state index contributed by atoms with van der Waals surface area (Å²) in [6.45, 7) is 5.33. The van der Waals surface area contributed by atoms with Crippen molar-refractivity contribution in [1.29, 1.82) is 0 Å². The molecule has 1 aliphatic carbocycles. The van der Waals surface area contributed by atoms with E-state index in [9.17, 15) is 0 Å². The van der Waals surface area contributed by atoms with Gasteiger partial charge in [-0.25, -0.2) is 0 Å². The molecule has 2 aliphatic heterocycles. The summed E-state index contributed by atoms with van der Waals surface area (Å²) in [5.74, 6) is 1.73. The van der Waals surface area contributed by atoms with Crippen molar-refractivity contribution in [3.05, 3.63) is 0 Å². The van der Waals surface area contributed by atoms with E-state index >= 15 is 0 Å². The predicted molar refractivity (Wildman–Crippen MR) is 58.7 cm³/mol. The third-order valence-electron chi connectivity index (χ3n) is 4.34. The van der Waals surface area contributed by atoms with Gasteiger partial charge in [-0.05, 0) is 49.4 Å². The Morgan fingerprint density at radius 2 is 2.20 bits per heavy atom. The van der Waals surface area contributed by atoms with E-state index in [4.69, 9.17) is 9.47 Å². The first kappa shape index (κ1) is 10.1. The largest absolute Gasteiger partial charge is 0.381 e. The molecular formula is C13H22O2. The molecule has 3 unspecified atom stereocenters. The average Bonchev–Trinajstić information content (AvgIpc) is 2.83. The highest BCUT2D eigenvalue weighted by atomic mass is 16.5. The SMILES string of the molecule is CC1(CC2COC(C3CC3)C2)CCOC1. The Kier molecular flexibility index (Phi) is 2.52. The monoisotopic (exact) mass is 210 g/mol. The third kappa shape index (κ3) is 2.21. The van der Waals surface area contributed by atoms with Crippen molar-refractivity contribution in [2.75, 3.05) is 19.8 Å². The summed E-state index contributed by atoms with van der Waals surface area (Å²) in [7, 11) is 0. The first-order valence-electron chi connectivity index (χ1n) is 6.45. The third-order valence-corrected chi connectivity index (χ3v) is 4.34. The van der Waals surface area contributed by atoms with E-state index < -0.39 is 0 Å². The first-order chi connectivity index (χ1) is 7.25. The van der Waals surface area contributed by atoms with E-state index in [0.717, 1.165) is 31.7 Å². The number of hydrogen-bond donors (Lipinski definition) is 0. The topological polar surface area (TPSA) is 18.5 Å². The number of hydrogen-bond acceptors (Lipinski definition) is 2. The Labute approximate surface area is 92.3 Å². The second-order valence-corrected chi connectivity index (χ2v) is 6.13. The molecule has 0 N–H and O–H groups in total. The van der Waals surface area contributed by atoms with Gasteiger partial charge in [-0.1, -0.05) is 6.92 Å². The Morgan fingerprint density at radius 3 is 2.87 bits per heavy atom. The van der Waals surface area contributed by atoms with Gasteiger partial charge in [-0.15, -0.1) is 0 Å². The van der Waals surface area contributed by atoms with Crippen molar-refractivity contribution in [3.63, 3.8) is 0 Å². The molecule has 15 heavy (non-hydrogen) atoms. The van der Waals surface area contributed by atoms with E-state index in [1.807, 2.05) is 0 Å². The molecule has 2 heteroatoms. The van der Waals surface area contributed by atoms with Crippen LogP contribution in [-0.4, -0.2) is 25.9 Å². The standard InChI is InChI=1S/C13H22O2/c1-13(4-5-14-9-13)7-10-6-12(15-8-10)11-2-3-11/h10-12H,2-9H2,1H3. The smallest absolute Gasteiger partial charge is 0.0606 e. The van der Waals surface area contributed by atoms with Gasteiger partial charge in [0.2, 0.25) is 0 Å². The van der Waals surface area contributed by atoms with Crippen molar-refractivity contribution in [1.82, 2.24) is 0 Å². The van der Waals surface area contributed by atoms with Crippen LogP contribution in [0.25, 0.3) is 0 Å². The molecule has 3 aliphatic rings. The summed E-state index contributed by atoms with van der Waals surface area (Å²) in [6, 6.07) is 0. The van der Waals surface area contributed by atoms with Crippen molar-refractivity contribution < 1.29 is 9.47 Å². The summed E-state index contributed by atoms with van der Waals surface area (Å²) in [5, 5.41) is 0. The number of rotatable bonds is 3. The molecule has 0 aromatic carbocycles. The van der Waals surface area contributed by atoms with Gasteiger partial charge in [0.25, 0.3) is 0 Å². The van der Waals surface area contributed by atoms with E-state index in [1.54, 1.807) is 0 Å². The molecule has 0 spiro atoms. The highest BCUT2D eigenvalue weighted by molar-refractivity contribution is 4.90. The van der Waals surface area contributed by atoms with Crippen LogP contribution >= 0.6 is 0 Å². The molecule has 3 rings (SSSR count). The molecule has 1 saturated carbocycles. The maximum absolute atomic E-state index is 5.90. The van der Waals surface area contributed by atoms with Crippen LogP contribution in [0.4, 0.5) is 0 Å². The molecule has 0 aromatic heterocycles. The minimum absolute atomic E-state index is 0.451. The van der Waals surface area contributed by atoms with E-state index in [-0.39, 0.29) is 0 Å². The maximum Gasteiger partial charge on any atom is 0.0606 e. The Hall–Kier alpha value is -0.0800. The molecule has 0 amide bonds. The normalized spacial score (nSPS) is 46.2. The fourth-order valence-corrected chi connectivity index (χ4v) is 3.23. The van der Waals surface area contributed by atoms with Crippen LogP contribution in [0.3, 0.4) is 0 Å². The Morgan fingerprint density at radius 1 is 1.33 bits per heavy atom. The molecule has 2 nitrogen and oxygen atoms in total. The summed E-state index contributed by atoms with van der Waals surface area (Å²) in [6.07, 6.45) is 7.32. The minimum Gasteiger partial charge on any atom is -0.381 e. The van der Waals surface area contributed by atoms with Crippen molar-refractivity contribution in [3.8, 4) is 0 Å². The number of ether oxygens (including phenoxy) is 2. The van der Waals surface area contributed by atoms with Gasteiger partial charge in [-0.2, -0.15) is 0 Å². The van der Waals surface area contributed by atoms with Crippen LogP contribution in [-0.2, 0) is 9.47 Å². The quantitative estimate of drug-likeness (QED) is 0.713. The van der Waals surface area contributed by atoms with Gasteiger partial charge in [0.05, 0.1) is 12.7 Å². The van der Waals surface area contributed by atoms with Crippen LogP contribution in [0, 0.1) is 17.3 Å². The van der Waals surface area contributed by atoms with Gasteiger partial charge in [-0.3, -0.25) is 0 Å². The molecule has 3 atom stereocenters. The van der Waals surface area contributed by atoms with Gasteiger partial charge in [0.1, 0.15) is 0 Å². The van der Waals surface area contributed by atoms with Gasteiger partial charge in [0.15, 0.2) is 0 Å². The van der Waals surface area contributed by atoms with Crippen molar-refractivity contribution in [2.45, 2.75) is 45.1 Å². The molecule has 3 fully saturated rings. The lowest BCUT2D eigenvalue weighted by Crippen LogP contribution is -2.21. The van der Waals surface area contributed by atoms with Crippen LogP contribution in [0.1, 0.15) is 39.0 Å². The van der Waals surface area contributed by atoms with Crippen LogP contribution in [0.2, 0.25) is 0 Å². The molecule has 2 heterocycles. The Balaban J connectivity index is 1.51. The van der Waals surface area contributed by atoms with Gasteiger partial charge in [0, 0.05) is 13.2 Å². The summed E-state index contributed by atoms with van der Waals surface area (Å²) >= 11 is 0. The molecular weight excluding hydrogens is 188 g/mol. The summed E-state index contributed by atoms with van der Waals surface area (Å²) in [5.41, 5.74) is 0.451. The molecule has 0 bridgehead atoms. The second kappa shape index (κ2) is 3.74. The highest BCUT2D eigenvalue weighted by Crippen LogP contribution is 2.44. The average molecular weight is 210 g/mol. The summed E-state index contributed by atoms with van der Waals surface area (Å²) in [4.78, 5) is 0. The molecule has 86 valence electrons. The summed E-state index contributed by atoms with van der Waals surface area (Å²) < 4.78 is 11.4. The maximum atomic E-state index is 5.90. The minimum atomic E-state index is 0.451. The van der Waals surface area contributed by atoms with E-state index in [1.165, 1.54) is 32.1 Å². The molecule has 0 radical (unpaired) electrons.